The number of hydrogen-bond donors (Lipinski definition) is 1. The Morgan fingerprint density at radius 1 is 0.852 bits per heavy atom. The Bertz CT molecular complexity index is 612. The SMILES string of the molecule is CCCCCCCCCCOc1ccc(OC(=O)/C(C(C)=O)=C(\C)O)cc1. The van der Waals surface area contributed by atoms with Gasteiger partial charge in [0.05, 0.1) is 6.61 Å². The van der Waals surface area contributed by atoms with Crippen molar-refractivity contribution in [3.63, 3.8) is 0 Å². The molecule has 1 aromatic carbocycles. The number of carbonyl (C=O) groups is 2. The van der Waals surface area contributed by atoms with Crippen molar-refractivity contribution in [3.05, 3.63) is 35.6 Å². The Labute approximate surface area is 162 Å². The summed E-state index contributed by atoms with van der Waals surface area (Å²) in [6, 6.07) is 6.64. The van der Waals surface area contributed by atoms with E-state index in [1.165, 1.54) is 58.8 Å². The van der Waals surface area contributed by atoms with Crippen LogP contribution in [0.3, 0.4) is 0 Å². The van der Waals surface area contributed by atoms with Crippen molar-refractivity contribution in [2.24, 2.45) is 0 Å². The second kappa shape index (κ2) is 13.0. The average Bonchev–Trinajstić information content (AvgIpc) is 2.61. The molecular formula is C22H32O5. The van der Waals surface area contributed by atoms with E-state index >= 15 is 0 Å². The number of ether oxygens (including phenoxy) is 2. The van der Waals surface area contributed by atoms with Crippen molar-refractivity contribution in [2.75, 3.05) is 6.61 Å². The van der Waals surface area contributed by atoms with Crippen LogP contribution in [-0.4, -0.2) is 23.5 Å². The fraction of sp³-hybridized carbons (Fsp3) is 0.545. The van der Waals surface area contributed by atoms with Crippen molar-refractivity contribution in [1.29, 1.82) is 0 Å². The van der Waals surface area contributed by atoms with Gasteiger partial charge < -0.3 is 14.6 Å². The van der Waals surface area contributed by atoms with Crippen LogP contribution in [0, 0.1) is 0 Å². The highest BCUT2D eigenvalue weighted by Crippen LogP contribution is 2.19. The molecule has 0 fully saturated rings. The zero-order valence-corrected chi connectivity index (χ0v) is 16.8. The lowest BCUT2D eigenvalue weighted by atomic mass is 10.1. The van der Waals surface area contributed by atoms with Crippen molar-refractivity contribution in [2.45, 2.75) is 72.1 Å². The Balaban J connectivity index is 2.31. The first kappa shape index (κ1) is 22.7. The van der Waals surface area contributed by atoms with Crippen molar-refractivity contribution in [1.82, 2.24) is 0 Å². The van der Waals surface area contributed by atoms with Crippen molar-refractivity contribution < 1.29 is 24.2 Å². The van der Waals surface area contributed by atoms with E-state index < -0.39 is 11.8 Å². The van der Waals surface area contributed by atoms with E-state index in [0.29, 0.717) is 18.1 Å². The molecule has 0 radical (unpaired) electrons. The summed E-state index contributed by atoms with van der Waals surface area (Å²) in [5.41, 5.74) is -0.343. The summed E-state index contributed by atoms with van der Waals surface area (Å²) >= 11 is 0. The Hall–Kier alpha value is -2.30. The highest BCUT2D eigenvalue weighted by Gasteiger charge is 2.20. The smallest absolute Gasteiger partial charge is 0.350 e. The molecule has 0 aliphatic heterocycles. The molecule has 0 aromatic heterocycles. The van der Waals surface area contributed by atoms with Gasteiger partial charge in [-0.2, -0.15) is 0 Å². The molecule has 0 spiro atoms. The van der Waals surface area contributed by atoms with Crippen LogP contribution in [0.15, 0.2) is 35.6 Å². The number of allylic oxidation sites excluding steroid dienone is 1. The molecule has 0 unspecified atom stereocenters. The molecule has 5 nitrogen and oxygen atoms in total. The van der Waals surface area contributed by atoms with Crippen LogP contribution >= 0.6 is 0 Å². The minimum Gasteiger partial charge on any atom is -0.512 e. The summed E-state index contributed by atoms with van der Waals surface area (Å²) in [6.07, 6.45) is 10.0. The number of Topliss-reactive ketones (excluding diaryl/α,β-unsaturated/α-hetero) is 1. The standard InChI is InChI=1S/C22H32O5/c1-4-5-6-7-8-9-10-11-16-26-19-12-14-20(15-13-19)27-22(25)21(17(2)23)18(3)24/h12-15,23H,4-11,16H2,1-3H3/b21-17+. The summed E-state index contributed by atoms with van der Waals surface area (Å²) in [5, 5.41) is 9.43. The summed E-state index contributed by atoms with van der Waals surface area (Å²) in [6.45, 7) is 5.37. The molecule has 5 heteroatoms. The first-order valence-electron chi connectivity index (χ1n) is 9.81. The molecule has 1 aromatic rings. The number of esters is 1. The maximum absolute atomic E-state index is 11.9. The largest absolute Gasteiger partial charge is 0.512 e. The second-order valence-corrected chi connectivity index (χ2v) is 6.70. The first-order chi connectivity index (χ1) is 13.0. The van der Waals surface area contributed by atoms with E-state index in [-0.39, 0.29) is 11.3 Å². The fourth-order valence-corrected chi connectivity index (χ4v) is 2.73. The number of benzene rings is 1. The first-order valence-corrected chi connectivity index (χ1v) is 9.81. The Kier molecular flexibility index (Phi) is 10.9. The lowest BCUT2D eigenvalue weighted by Crippen LogP contribution is -2.18. The molecule has 150 valence electrons. The lowest BCUT2D eigenvalue weighted by molar-refractivity contribution is -0.132. The van der Waals surface area contributed by atoms with Crippen LogP contribution < -0.4 is 9.47 Å². The van der Waals surface area contributed by atoms with Gasteiger partial charge in [-0.3, -0.25) is 4.79 Å². The van der Waals surface area contributed by atoms with E-state index in [4.69, 9.17) is 9.47 Å². The predicted octanol–water partition coefficient (Wildman–Crippen LogP) is 5.53. The van der Waals surface area contributed by atoms with Crippen LogP contribution in [0.5, 0.6) is 11.5 Å². The molecule has 0 aliphatic rings. The van der Waals surface area contributed by atoms with Gasteiger partial charge in [0.1, 0.15) is 22.8 Å². The predicted molar refractivity (Wildman–Crippen MR) is 106 cm³/mol. The number of unbranched alkanes of at least 4 members (excludes halogenated alkanes) is 7. The van der Waals surface area contributed by atoms with E-state index in [2.05, 4.69) is 6.92 Å². The highest BCUT2D eigenvalue weighted by molar-refractivity contribution is 6.17. The van der Waals surface area contributed by atoms with Crippen LogP contribution in [-0.2, 0) is 9.59 Å². The Morgan fingerprint density at radius 2 is 1.37 bits per heavy atom. The molecule has 0 aliphatic carbocycles. The van der Waals surface area contributed by atoms with Gasteiger partial charge in [0.15, 0.2) is 5.78 Å². The summed E-state index contributed by atoms with van der Waals surface area (Å²) in [4.78, 5) is 23.3. The molecule has 1 rings (SSSR count). The minimum atomic E-state index is -0.866. The van der Waals surface area contributed by atoms with Gasteiger partial charge in [-0.05, 0) is 44.5 Å². The van der Waals surface area contributed by atoms with Gasteiger partial charge in [0.25, 0.3) is 0 Å². The third-order valence-electron chi connectivity index (χ3n) is 4.22. The molecule has 1 N–H and O–H groups in total. The van der Waals surface area contributed by atoms with Gasteiger partial charge in [0, 0.05) is 0 Å². The second-order valence-electron chi connectivity index (χ2n) is 6.70. The van der Waals surface area contributed by atoms with E-state index in [0.717, 1.165) is 6.42 Å². The van der Waals surface area contributed by atoms with Crippen LogP contribution in [0.2, 0.25) is 0 Å². The maximum atomic E-state index is 11.9. The quantitative estimate of drug-likeness (QED) is 0.0931. The topological polar surface area (TPSA) is 72.8 Å². The number of carbonyl (C=O) groups excluding carboxylic acids is 2. The molecule has 0 amide bonds. The van der Waals surface area contributed by atoms with Crippen LogP contribution in [0.1, 0.15) is 72.1 Å². The molecule has 0 bridgehead atoms. The highest BCUT2D eigenvalue weighted by atomic mass is 16.5. The van der Waals surface area contributed by atoms with Crippen LogP contribution in [0.25, 0.3) is 0 Å². The number of aliphatic hydroxyl groups is 1. The monoisotopic (exact) mass is 376 g/mol. The summed E-state index contributed by atoms with van der Waals surface area (Å²) < 4.78 is 10.8. The number of ketones is 1. The molecule has 0 saturated carbocycles. The van der Waals surface area contributed by atoms with Gasteiger partial charge in [-0.25, -0.2) is 4.79 Å². The number of hydrogen-bond acceptors (Lipinski definition) is 5. The zero-order chi connectivity index (χ0) is 20.1. The third kappa shape index (κ3) is 9.27. The number of rotatable bonds is 13. The number of aliphatic hydroxyl groups excluding tert-OH is 1. The summed E-state index contributed by atoms with van der Waals surface area (Å²) in [5.74, 6) is -0.754. The van der Waals surface area contributed by atoms with Gasteiger partial charge >= 0.3 is 5.97 Å². The van der Waals surface area contributed by atoms with E-state index in [1.54, 1.807) is 24.3 Å². The fourth-order valence-electron chi connectivity index (χ4n) is 2.73. The lowest BCUT2D eigenvalue weighted by Gasteiger charge is -2.09. The summed E-state index contributed by atoms with van der Waals surface area (Å²) in [7, 11) is 0. The van der Waals surface area contributed by atoms with Gasteiger partial charge in [-0.15, -0.1) is 0 Å². The molecule has 0 heterocycles. The van der Waals surface area contributed by atoms with Crippen molar-refractivity contribution in [3.8, 4) is 11.5 Å². The molecule has 0 saturated heterocycles. The van der Waals surface area contributed by atoms with Gasteiger partial charge in [0.2, 0.25) is 0 Å². The zero-order valence-electron chi connectivity index (χ0n) is 16.8. The third-order valence-corrected chi connectivity index (χ3v) is 4.22. The molecule has 0 atom stereocenters. The normalized spacial score (nSPS) is 11.7. The van der Waals surface area contributed by atoms with E-state index in [1.807, 2.05) is 0 Å². The molecule has 27 heavy (non-hydrogen) atoms. The molecular weight excluding hydrogens is 344 g/mol. The Morgan fingerprint density at radius 3 is 1.89 bits per heavy atom. The van der Waals surface area contributed by atoms with E-state index in [9.17, 15) is 14.7 Å². The van der Waals surface area contributed by atoms with Gasteiger partial charge in [-0.1, -0.05) is 51.9 Å². The minimum absolute atomic E-state index is 0.291. The maximum Gasteiger partial charge on any atom is 0.350 e. The van der Waals surface area contributed by atoms with Crippen LogP contribution in [0.4, 0.5) is 0 Å². The average molecular weight is 376 g/mol. The van der Waals surface area contributed by atoms with Crippen molar-refractivity contribution >= 4 is 11.8 Å².